The second-order valence-electron chi connectivity index (χ2n) is 5.65. The number of pyridine rings is 1. The molecule has 0 aromatic carbocycles. The van der Waals surface area contributed by atoms with E-state index in [-0.39, 0.29) is 17.4 Å². The second kappa shape index (κ2) is 5.06. The third kappa shape index (κ3) is 2.88. The fourth-order valence-corrected chi connectivity index (χ4v) is 2.35. The van der Waals surface area contributed by atoms with Crippen molar-refractivity contribution in [2.75, 3.05) is 13.1 Å². The van der Waals surface area contributed by atoms with Crippen molar-refractivity contribution in [1.29, 1.82) is 0 Å². The number of hydrogen-bond donors (Lipinski definition) is 1. The summed E-state index contributed by atoms with van der Waals surface area (Å²) in [6, 6.07) is 3.75. The molecule has 2 rings (SSSR count). The number of carbonyl (C=O) groups is 1. The quantitative estimate of drug-likeness (QED) is 0.857. The van der Waals surface area contributed by atoms with Crippen LogP contribution in [0.5, 0.6) is 0 Å². The van der Waals surface area contributed by atoms with Gasteiger partial charge >= 0.3 is 0 Å². The van der Waals surface area contributed by atoms with Crippen molar-refractivity contribution < 1.29 is 9.90 Å². The molecule has 1 fully saturated rings. The van der Waals surface area contributed by atoms with Crippen LogP contribution < -0.4 is 0 Å². The molecule has 4 nitrogen and oxygen atoms in total. The first-order valence-electron chi connectivity index (χ1n) is 6.34. The zero-order chi connectivity index (χ0) is 13.2. The van der Waals surface area contributed by atoms with Crippen molar-refractivity contribution >= 4 is 5.91 Å². The van der Waals surface area contributed by atoms with E-state index in [9.17, 15) is 9.90 Å². The zero-order valence-electron chi connectivity index (χ0n) is 11.0. The molecule has 98 valence electrons. The van der Waals surface area contributed by atoms with Crippen LogP contribution in [0.2, 0.25) is 0 Å². The number of nitrogens with zero attached hydrogens (tertiary/aromatic N) is 2. The van der Waals surface area contributed by atoms with Gasteiger partial charge in [-0.05, 0) is 18.1 Å². The Bertz CT molecular complexity index is 417. The maximum atomic E-state index is 12.2. The van der Waals surface area contributed by atoms with E-state index in [1.54, 1.807) is 12.4 Å². The molecule has 1 unspecified atom stereocenters. The van der Waals surface area contributed by atoms with Gasteiger partial charge in [0.05, 0.1) is 12.5 Å². The molecular formula is C14H20N2O2. The highest BCUT2D eigenvalue weighted by atomic mass is 16.3. The Morgan fingerprint density at radius 2 is 2.39 bits per heavy atom. The number of hydrogen-bond acceptors (Lipinski definition) is 3. The summed E-state index contributed by atoms with van der Waals surface area (Å²) < 4.78 is 0. The molecule has 1 aliphatic rings. The Morgan fingerprint density at radius 1 is 1.61 bits per heavy atom. The average Bonchev–Trinajstić information content (AvgIpc) is 2.34. The first-order chi connectivity index (χ1) is 8.49. The van der Waals surface area contributed by atoms with Crippen LogP contribution in [0.1, 0.15) is 25.8 Å². The van der Waals surface area contributed by atoms with Gasteiger partial charge in [0.25, 0.3) is 0 Å². The Kier molecular flexibility index (Phi) is 3.66. The highest BCUT2D eigenvalue weighted by Gasteiger charge is 2.36. The van der Waals surface area contributed by atoms with E-state index in [1.807, 2.05) is 30.9 Å². The lowest BCUT2D eigenvalue weighted by Gasteiger charge is -2.41. The molecule has 0 radical (unpaired) electrons. The van der Waals surface area contributed by atoms with Crippen molar-refractivity contribution in [2.45, 2.75) is 32.8 Å². The molecule has 1 aromatic heterocycles. The zero-order valence-corrected chi connectivity index (χ0v) is 11.0. The molecule has 0 bridgehead atoms. The summed E-state index contributed by atoms with van der Waals surface area (Å²) in [5.41, 5.74) is 0.717. The summed E-state index contributed by atoms with van der Waals surface area (Å²) >= 11 is 0. The first kappa shape index (κ1) is 13.0. The number of carbonyl (C=O) groups excluding carboxylic acids is 1. The minimum absolute atomic E-state index is 0.114. The van der Waals surface area contributed by atoms with Crippen LogP contribution in [-0.2, 0) is 11.2 Å². The van der Waals surface area contributed by atoms with Crippen LogP contribution in [0.25, 0.3) is 0 Å². The molecule has 1 N–H and O–H groups in total. The number of piperidine rings is 1. The summed E-state index contributed by atoms with van der Waals surface area (Å²) in [6.45, 7) is 5.26. The Labute approximate surface area is 108 Å². The predicted octanol–water partition coefficient (Wildman–Crippen LogP) is 1.24. The highest BCUT2D eigenvalue weighted by molar-refractivity contribution is 5.78. The SMILES string of the molecule is CC1(C)CN(C(=O)Cc2cccnc2)CCC1O. The van der Waals surface area contributed by atoms with Crippen LogP contribution in [0, 0.1) is 5.41 Å². The second-order valence-corrected chi connectivity index (χ2v) is 5.65. The van der Waals surface area contributed by atoms with E-state index in [4.69, 9.17) is 0 Å². The predicted molar refractivity (Wildman–Crippen MR) is 68.9 cm³/mol. The van der Waals surface area contributed by atoms with E-state index in [0.717, 1.165) is 5.56 Å². The van der Waals surface area contributed by atoms with Gasteiger partial charge in [-0.3, -0.25) is 9.78 Å². The third-order valence-corrected chi connectivity index (χ3v) is 3.60. The van der Waals surface area contributed by atoms with E-state index < -0.39 is 0 Å². The smallest absolute Gasteiger partial charge is 0.227 e. The van der Waals surface area contributed by atoms with Gasteiger partial charge in [-0.25, -0.2) is 0 Å². The van der Waals surface area contributed by atoms with E-state index in [0.29, 0.717) is 25.9 Å². The van der Waals surface area contributed by atoms with Crippen molar-refractivity contribution in [1.82, 2.24) is 9.88 Å². The van der Waals surface area contributed by atoms with E-state index >= 15 is 0 Å². The largest absolute Gasteiger partial charge is 0.392 e. The molecule has 1 amide bonds. The molecule has 1 aromatic rings. The third-order valence-electron chi connectivity index (χ3n) is 3.60. The molecule has 1 saturated heterocycles. The van der Waals surface area contributed by atoms with Gasteiger partial charge in [-0.2, -0.15) is 0 Å². The van der Waals surface area contributed by atoms with Gasteiger partial charge < -0.3 is 10.0 Å². The summed E-state index contributed by atoms with van der Waals surface area (Å²) in [4.78, 5) is 18.0. The fourth-order valence-electron chi connectivity index (χ4n) is 2.35. The van der Waals surface area contributed by atoms with Gasteiger partial charge in [0.2, 0.25) is 5.91 Å². The maximum absolute atomic E-state index is 12.2. The number of amides is 1. The van der Waals surface area contributed by atoms with Crippen LogP contribution in [0.15, 0.2) is 24.5 Å². The lowest BCUT2D eigenvalue weighted by Crippen LogP contribution is -2.51. The van der Waals surface area contributed by atoms with Gasteiger partial charge in [0, 0.05) is 30.9 Å². The summed E-state index contributed by atoms with van der Waals surface area (Å²) in [6.07, 6.45) is 4.15. The summed E-state index contributed by atoms with van der Waals surface area (Å²) in [5, 5.41) is 9.88. The first-order valence-corrected chi connectivity index (χ1v) is 6.34. The Morgan fingerprint density at radius 3 is 3.00 bits per heavy atom. The minimum atomic E-state index is -0.319. The van der Waals surface area contributed by atoms with E-state index in [2.05, 4.69) is 4.98 Å². The van der Waals surface area contributed by atoms with Crippen molar-refractivity contribution in [3.63, 3.8) is 0 Å². The molecule has 0 aliphatic carbocycles. The standard InChI is InChI=1S/C14H20N2O2/c1-14(2)10-16(7-5-12(14)17)13(18)8-11-4-3-6-15-9-11/h3-4,6,9,12,17H,5,7-8,10H2,1-2H3. The van der Waals surface area contributed by atoms with Crippen LogP contribution >= 0.6 is 0 Å². The summed E-state index contributed by atoms with van der Waals surface area (Å²) in [7, 11) is 0. The lowest BCUT2D eigenvalue weighted by molar-refractivity contribution is -0.137. The van der Waals surface area contributed by atoms with E-state index in [1.165, 1.54) is 0 Å². The van der Waals surface area contributed by atoms with Gasteiger partial charge in [0.15, 0.2) is 0 Å². The maximum Gasteiger partial charge on any atom is 0.227 e. The molecule has 1 atom stereocenters. The number of aliphatic hydroxyl groups is 1. The topological polar surface area (TPSA) is 53.4 Å². The average molecular weight is 248 g/mol. The molecule has 4 heteroatoms. The van der Waals surface area contributed by atoms with Gasteiger partial charge in [-0.1, -0.05) is 19.9 Å². The number of rotatable bonds is 2. The highest BCUT2D eigenvalue weighted by Crippen LogP contribution is 2.29. The minimum Gasteiger partial charge on any atom is -0.392 e. The van der Waals surface area contributed by atoms with Gasteiger partial charge in [0.1, 0.15) is 0 Å². The normalized spacial score (nSPS) is 22.8. The molecule has 2 heterocycles. The van der Waals surface area contributed by atoms with Crippen LogP contribution in [-0.4, -0.2) is 40.1 Å². The molecular weight excluding hydrogens is 228 g/mol. The Hall–Kier alpha value is -1.42. The monoisotopic (exact) mass is 248 g/mol. The molecule has 1 aliphatic heterocycles. The van der Waals surface area contributed by atoms with Crippen LogP contribution in [0.4, 0.5) is 0 Å². The van der Waals surface area contributed by atoms with Crippen molar-refractivity contribution in [3.05, 3.63) is 30.1 Å². The van der Waals surface area contributed by atoms with Gasteiger partial charge in [-0.15, -0.1) is 0 Å². The molecule has 18 heavy (non-hydrogen) atoms. The van der Waals surface area contributed by atoms with Crippen LogP contribution in [0.3, 0.4) is 0 Å². The number of aliphatic hydroxyl groups excluding tert-OH is 1. The number of likely N-dealkylation sites (tertiary alicyclic amines) is 1. The van der Waals surface area contributed by atoms with Crippen molar-refractivity contribution in [2.24, 2.45) is 5.41 Å². The fraction of sp³-hybridized carbons (Fsp3) is 0.571. The molecule has 0 saturated carbocycles. The van der Waals surface area contributed by atoms with Crippen molar-refractivity contribution in [3.8, 4) is 0 Å². The molecule has 0 spiro atoms. The number of aromatic nitrogens is 1. The summed E-state index contributed by atoms with van der Waals surface area (Å²) in [5.74, 6) is 0.114. The Balaban J connectivity index is 1.98. The lowest BCUT2D eigenvalue weighted by atomic mass is 9.81.